The average molecular weight is 701 g/mol. The first kappa shape index (κ1) is 34.7. The molecule has 1 heterocycles. The van der Waals surface area contributed by atoms with Crippen molar-refractivity contribution >= 4 is 15.9 Å². The van der Waals surface area contributed by atoms with E-state index in [-0.39, 0.29) is 26.3 Å². The van der Waals surface area contributed by atoms with Crippen molar-refractivity contribution in [3.8, 4) is 33.8 Å². The van der Waals surface area contributed by atoms with Crippen molar-refractivity contribution in [2.24, 2.45) is 0 Å². The molecule has 1 fully saturated rings. The molecule has 2 nitrogen and oxygen atoms in total. The van der Waals surface area contributed by atoms with Gasteiger partial charge in [-0.1, -0.05) is 0 Å². The third kappa shape index (κ3) is 7.88. The molecule has 1 aliphatic heterocycles. The molecule has 4 aromatic rings. The van der Waals surface area contributed by atoms with Gasteiger partial charge in [-0.15, -0.1) is 0 Å². The van der Waals surface area contributed by atoms with Crippen LogP contribution in [0, 0.1) is 0 Å². The van der Waals surface area contributed by atoms with Crippen LogP contribution in [0.5, 0.6) is 11.5 Å². The molecule has 4 atom stereocenters. The molecular weight excluding hydrogens is 648 g/mol. The zero-order chi connectivity index (χ0) is 33.3. The third-order valence-corrected chi connectivity index (χ3v) is 25.9. The van der Waals surface area contributed by atoms with Gasteiger partial charge in [0.2, 0.25) is 0 Å². The molecule has 1 aliphatic carbocycles. The van der Waals surface area contributed by atoms with E-state index in [0.29, 0.717) is 27.4 Å². The van der Waals surface area contributed by atoms with Gasteiger partial charge in [0.05, 0.1) is 0 Å². The topological polar surface area (TPSA) is 40.5 Å². The van der Waals surface area contributed by atoms with Crippen molar-refractivity contribution in [2.75, 3.05) is 0 Å². The summed E-state index contributed by atoms with van der Waals surface area (Å²) < 4.78 is 0. The SMILES string of the molecule is CC(C)(C)c1cc(C[S]2=[Ti]=[S](Cc3cc(C(C)(C)C)cc(-c4ccccc4)c3O)[C@H]3CCCCCCC32)c(O)c(-c2ccccc2)c1. The van der Waals surface area contributed by atoms with Crippen LogP contribution in [0.15, 0.2) is 84.9 Å². The average Bonchev–Trinajstić information content (AvgIpc) is 3.32. The fourth-order valence-corrected chi connectivity index (χ4v) is 27.9. The second-order valence-corrected chi connectivity index (χ2v) is 27.0. The molecule has 2 aliphatic rings. The Labute approximate surface area is 293 Å². The number of benzene rings is 4. The van der Waals surface area contributed by atoms with Gasteiger partial charge in [0.15, 0.2) is 0 Å². The van der Waals surface area contributed by atoms with Gasteiger partial charge in [0.1, 0.15) is 0 Å². The summed E-state index contributed by atoms with van der Waals surface area (Å²) in [6, 6.07) is 30.0. The Bertz CT molecular complexity index is 1680. The molecule has 4 aromatic carbocycles. The fourth-order valence-electron chi connectivity index (χ4n) is 7.09. The van der Waals surface area contributed by atoms with Crippen LogP contribution in [-0.2, 0) is 37.8 Å². The monoisotopic (exact) mass is 700 g/mol. The first-order valence-corrected chi connectivity index (χ1v) is 24.1. The van der Waals surface area contributed by atoms with Gasteiger partial charge in [-0.2, -0.15) is 0 Å². The first-order valence-electron chi connectivity index (χ1n) is 17.4. The quantitative estimate of drug-likeness (QED) is 0.197. The maximum absolute atomic E-state index is 11.9. The van der Waals surface area contributed by atoms with Gasteiger partial charge in [-0.25, -0.2) is 0 Å². The summed E-state index contributed by atoms with van der Waals surface area (Å²) in [5.74, 6) is 2.98. The summed E-state index contributed by atoms with van der Waals surface area (Å²) >= 11 is -0.299. The minimum atomic E-state index is -0.299. The fraction of sp³-hybridized carbons (Fsp3) is 0.429. The van der Waals surface area contributed by atoms with E-state index in [1.165, 1.54) is 49.7 Å². The Morgan fingerprint density at radius 3 is 1.32 bits per heavy atom. The first-order chi connectivity index (χ1) is 22.4. The van der Waals surface area contributed by atoms with Gasteiger partial charge in [0.25, 0.3) is 0 Å². The predicted molar refractivity (Wildman–Crippen MR) is 202 cm³/mol. The van der Waals surface area contributed by atoms with Crippen LogP contribution in [0.1, 0.15) is 102 Å². The molecule has 248 valence electrons. The Morgan fingerprint density at radius 1 is 0.574 bits per heavy atom. The Kier molecular flexibility index (Phi) is 10.6. The number of rotatable bonds is 6. The molecule has 6 rings (SSSR count). The van der Waals surface area contributed by atoms with Crippen LogP contribution >= 0.6 is 15.9 Å². The molecule has 0 radical (unpaired) electrons. The van der Waals surface area contributed by atoms with Crippen molar-refractivity contribution < 1.29 is 25.7 Å². The Balaban J connectivity index is 1.46. The second kappa shape index (κ2) is 14.4. The van der Waals surface area contributed by atoms with Gasteiger partial charge >= 0.3 is 295 Å². The van der Waals surface area contributed by atoms with Crippen LogP contribution in [0.2, 0.25) is 0 Å². The molecular formula is C42H52O2S2Ti. The van der Waals surface area contributed by atoms with E-state index >= 15 is 0 Å². The van der Waals surface area contributed by atoms with E-state index in [2.05, 4.69) is 114 Å². The molecule has 1 saturated carbocycles. The summed E-state index contributed by atoms with van der Waals surface area (Å²) in [5, 5.41) is 25.2. The molecule has 3 unspecified atom stereocenters. The van der Waals surface area contributed by atoms with E-state index in [9.17, 15) is 10.2 Å². The van der Waals surface area contributed by atoms with Gasteiger partial charge in [-0.3, -0.25) is 0 Å². The number of hydrogen-bond acceptors (Lipinski definition) is 2. The molecule has 0 aromatic heterocycles. The van der Waals surface area contributed by atoms with Crippen LogP contribution < -0.4 is 0 Å². The molecule has 0 bridgehead atoms. The van der Waals surface area contributed by atoms with Crippen molar-refractivity contribution in [1.82, 2.24) is 0 Å². The van der Waals surface area contributed by atoms with E-state index in [1.54, 1.807) is 0 Å². The van der Waals surface area contributed by atoms with Crippen LogP contribution in [0.25, 0.3) is 22.3 Å². The maximum atomic E-state index is 11.9. The zero-order valence-electron chi connectivity index (χ0n) is 29.1. The van der Waals surface area contributed by atoms with Crippen molar-refractivity contribution in [1.29, 1.82) is 0 Å². The number of aromatic hydroxyl groups is 2. The summed E-state index contributed by atoms with van der Waals surface area (Å²) in [6.07, 6.45) is 8.03. The minimum absolute atomic E-state index is 0.000167. The van der Waals surface area contributed by atoms with Gasteiger partial charge < -0.3 is 0 Å². The van der Waals surface area contributed by atoms with Crippen molar-refractivity contribution in [3.63, 3.8) is 0 Å². The summed E-state index contributed by atoms with van der Waals surface area (Å²) in [7, 11) is 0.596. The normalized spacial score (nSPS) is 21.7. The third-order valence-electron chi connectivity index (χ3n) is 9.99. The second-order valence-electron chi connectivity index (χ2n) is 15.6. The molecule has 5 heteroatoms. The molecule has 0 amide bonds. The zero-order valence-corrected chi connectivity index (χ0v) is 32.3. The summed E-state index contributed by atoms with van der Waals surface area (Å²) in [6.45, 7) is 13.7. The number of phenolic OH excluding ortho intramolecular Hbond substituents is 2. The van der Waals surface area contributed by atoms with Gasteiger partial charge in [0, 0.05) is 0 Å². The van der Waals surface area contributed by atoms with E-state index in [0.717, 1.165) is 55.4 Å². The van der Waals surface area contributed by atoms with Crippen molar-refractivity contribution in [2.45, 2.75) is 113 Å². The van der Waals surface area contributed by atoms with E-state index in [4.69, 9.17) is 0 Å². The molecule has 0 spiro atoms. The standard InChI is InChI=1S/C42H52O2S2.Ti/c1-41(2,3)33-23-31(39(43)35(25-33)29-17-11-9-12-18-29)27-45-37-21-15-7-8-16-22-38(37)46-28-32-24-34(42(4,5)6)26-36(40(32)44)30-19-13-10-14-20-30;/h9-14,17-20,23-26,37-38,43-44H,7-8,15-16,21-22,27-28H2,1-6H3;/t37-,38?;/m0./s1. The van der Waals surface area contributed by atoms with E-state index in [1.807, 2.05) is 12.1 Å². The molecule has 47 heavy (non-hydrogen) atoms. The predicted octanol–water partition coefficient (Wildman–Crippen LogP) is 12.3. The van der Waals surface area contributed by atoms with Crippen molar-refractivity contribution in [3.05, 3.63) is 107 Å². The van der Waals surface area contributed by atoms with Crippen LogP contribution in [0.4, 0.5) is 0 Å². The number of fused-ring (bicyclic) bond motifs is 1. The van der Waals surface area contributed by atoms with Gasteiger partial charge in [-0.05, 0) is 0 Å². The van der Waals surface area contributed by atoms with E-state index < -0.39 is 0 Å². The number of phenols is 2. The Hall–Kier alpha value is -2.11. The summed E-state index contributed by atoms with van der Waals surface area (Å²) in [5.41, 5.74) is 9.04. The number of hydrogen-bond donors (Lipinski definition) is 2. The Morgan fingerprint density at radius 2 is 0.957 bits per heavy atom. The molecule has 0 saturated heterocycles. The summed E-state index contributed by atoms with van der Waals surface area (Å²) in [4.78, 5) is 0. The van der Waals surface area contributed by atoms with Crippen LogP contribution in [-0.4, -0.2) is 20.7 Å². The molecule has 2 N–H and O–H groups in total. The van der Waals surface area contributed by atoms with Crippen LogP contribution in [0.3, 0.4) is 0 Å².